The van der Waals surface area contributed by atoms with Gasteiger partial charge in [-0.3, -0.25) is 4.79 Å². The molecule has 4 nitrogen and oxygen atoms in total. The molecule has 0 radical (unpaired) electrons. The summed E-state index contributed by atoms with van der Waals surface area (Å²) in [5.41, 5.74) is 7.16. The molecule has 0 heterocycles. The average Bonchev–Trinajstić information content (AvgIpc) is 2.49. The van der Waals surface area contributed by atoms with E-state index < -0.39 is 0 Å². The first-order chi connectivity index (χ1) is 10.6. The third kappa shape index (κ3) is 4.18. The fraction of sp³-hybridized carbons (Fsp3) is 0.611. The van der Waals surface area contributed by atoms with Crippen LogP contribution in [-0.2, 0) is 11.2 Å². The van der Waals surface area contributed by atoms with E-state index >= 15 is 0 Å². The van der Waals surface area contributed by atoms with E-state index in [0.717, 1.165) is 18.4 Å². The van der Waals surface area contributed by atoms with Crippen LogP contribution in [0.4, 0.5) is 0 Å². The van der Waals surface area contributed by atoms with Crippen molar-refractivity contribution < 1.29 is 9.90 Å². The molecule has 2 bridgehead atoms. The van der Waals surface area contributed by atoms with Gasteiger partial charge in [-0.15, -0.1) is 12.4 Å². The second kappa shape index (κ2) is 8.02. The highest BCUT2D eigenvalue weighted by Crippen LogP contribution is 2.41. The van der Waals surface area contributed by atoms with E-state index in [1.165, 1.54) is 19.3 Å². The van der Waals surface area contributed by atoms with Gasteiger partial charge in [-0.05, 0) is 55.6 Å². The van der Waals surface area contributed by atoms with Crippen molar-refractivity contribution in [2.45, 2.75) is 44.6 Å². The van der Waals surface area contributed by atoms with Crippen molar-refractivity contribution in [2.75, 3.05) is 6.54 Å². The lowest BCUT2D eigenvalue weighted by molar-refractivity contribution is -0.127. The Balaban J connectivity index is 0.00000192. The zero-order chi connectivity index (χ0) is 15.5. The first-order valence-electron chi connectivity index (χ1n) is 8.45. The van der Waals surface area contributed by atoms with E-state index in [0.29, 0.717) is 36.6 Å². The van der Waals surface area contributed by atoms with Gasteiger partial charge in [-0.25, -0.2) is 0 Å². The Morgan fingerprint density at radius 2 is 1.87 bits per heavy atom. The van der Waals surface area contributed by atoms with Crippen molar-refractivity contribution >= 4 is 18.3 Å². The normalized spacial score (nSPS) is 29.4. The monoisotopic (exact) mass is 338 g/mol. The number of benzene rings is 1. The number of hydrogen-bond acceptors (Lipinski definition) is 3. The Labute approximate surface area is 144 Å². The summed E-state index contributed by atoms with van der Waals surface area (Å²) in [5, 5.41) is 12.8. The number of hydrogen-bond donors (Lipinski definition) is 3. The molecule has 5 heteroatoms. The quantitative estimate of drug-likeness (QED) is 0.790. The van der Waals surface area contributed by atoms with Crippen LogP contribution < -0.4 is 11.1 Å². The third-order valence-corrected chi connectivity index (χ3v) is 5.47. The lowest BCUT2D eigenvalue weighted by Crippen LogP contribution is -2.49. The second-order valence-electron chi connectivity index (χ2n) is 6.87. The molecule has 128 valence electrons. The van der Waals surface area contributed by atoms with Crippen LogP contribution in [0, 0.1) is 17.8 Å². The number of amides is 1. The summed E-state index contributed by atoms with van der Waals surface area (Å²) in [6.45, 7) is 0.578. The molecule has 0 saturated heterocycles. The summed E-state index contributed by atoms with van der Waals surface area (Å²) in [5.74, 6) is 1.65. The molecule has 2 aliphatic rings. The van der Waals surface area contributed by atoms with E-state index in [9.17, 15) is 9.90 Å². The predicted molar refractivity (Wildman–Crippen MR) is 93.6 cm³/mol. The van der Waals surface area contributed by atoms with Crippen LogP contribution in [0.15, 0.2) is 24.3 Å². The third-order valence-electron chi connectivity index (χ3n) is 5.47. The summed E-state index contributed by atoms with van der Waals surface area (Å²) in [4.78, 5) is 12.4. The molecule has 2 fully saturated rings. The second-order valence-corrected chi connectivity index (χ2v) is 6.87. The number of carbonyl (C=O) groups excluding carboxylic acids is 1. The van der Waals surface area contributed by atoms with Crippen LogP contribution in [0.2, 0.25) is 0 Å². The van der Waals surface area contributed by atoms with Crippen LogP contribution in [0.5, 0.6) is 5.75 Å². The van der Waals surface area contributed by atoms with Gasteiger partial charge in [-0.1, -0.05) is 24.6 Å². The minimum absolute atomic E-state index is 0. The summed E-state index contributed by atoms with van der Waals surface area (Å²) >= 11 is 0. The van der Waals surface area contributed by atoms with Crippen LogP contribution in [0.1, 0.15) is 37.7 Å². The number of aromatic hydroxyl groups is 1. The number of halogens is 1. The predicted octanol–water partition coefficient (Wildman–Crippen LogP) is 2.63. The van der Waals surface area contributed by atoms with E-state index in [1.807, 2.05) is 12.1 Å². The number of rotatable bonds is 4. The molecule has 2 unspecified atom stereocenters. The van der Waals surface area contributed by atoms with Crippen molar-refractivity contribution in [3.8, 4) is 5.75 Å². The molecule has 1 amide bonds. The average molecular weight is 339 g/mol. The summed E-state index contributed by atoms with van der Waals surface area (Å²) in [7, 11) is 0. The van der Waals surface area contributed by atoms with E-state index in [1.54, 1.807) is 12.1 Å². The zero-order valence-electron chi connectivity index (χ0n) is 13.4. The highest BCUT2D eigenvalue weighted by molar-refractivity contribution is 5.85. The van der Waals surface area contributed by atoms with Gasteiger partial charge in [0, 0.05) is 18.5 Å². The van der Waals surface area contributed by atoms with Gasteiger partial charge in [0.25, 0.3) is 0 Å². The summed E-state index contributed by atoms with van der Waals surface area (Å²) in [6, 6.07) is 7.59. The number of nitrogens with two attached hydrogens (primary N) is 1. The molecule has 0 aromatic heterocycles. The van der Waals surface area contributed by atoms with Crippen LogP contribution >= 0.6 is 12.4 Å². The first kappa shape index (κ1) is 18.1. The highest BCUT2D eigenvalue weighted by atomic mass is 35.5. The maximum atomic E-state index is 12.4. The lowest BCUT2D eigenvalue weighted by Gasteiger charge is -2.43. The lowest BCUT2D eigenvalue weighted by atomic mass is 9.65. The van der Waals surface area contributed by atoms with E-state index in [2.05, 4.69) is 5.32 Å². The van der Waals surface area contributed by atoms with Crippen molar-refractivity contribution in [1.82, 2.24) is 5.32 Å². The van der Waals surface area contributed by atoms with Crippen molar-refractivity contribution in [3.63, 3.8) is 0 Å². The van der Waals surface area contributed by atoms with Crippen LogP contribution in [0.25, 0.3) is 0 Å². The van der Waals surface area contributed by atoms with Crippen molar-refractivity contribution in [1.29, 1.82) is 0 Å². The van der Waals surface area contributed by atoms with E-state index in [-0.39, 0.29) is 24.2 Å². The molecule has 4 N–H and O–H groups in total. The number of nitrogens with one attached hydrogen (secondary N) is 1. The van der Waals surface area contributed by atoms with Gasteiger partial charge in [0.05, 0.1) is 0 Å². The maximum absolute atomic E-state index is 12.4. The van der Waals surface area contributed by atoms with Gasteiger partial charge < -0.3 is 16.2 Å². The fourth-order valence-electron chi connectivity index (χ4n) is 4.19. The molecule has 2 aliphatic carbocycles. The molecule has 1 aromatic rings. The molecule has 2 saturated carbocycles. The number of phenols is 1. The Hall–Kier alpha value is -1.26. The Kier molecular flexibility index (Phi) is 6.31. The summed E-state index contributed by atoms with van der Waals surface area (Å²) in [6.07, 6.45) is 6.18. The molecule has 23 heavy (non-hydrogen) atoms. The van der Waals surface area contributed by atoms with Crippen LogP contribution in [-0.4, -0.2) is 23.6 Å². The smallest absolute Gasteiger partial charge is 0.223 e. The SMILES string of the molecule is Cl.NC1C2CCCC1CC(C(=O)NCCc1ccccc1O)C2. The largest absolute Gasteiger partial charge is 0.508 e. The minimum Gasteiger partial charge on any atom is -0.508 e. The standard InChI is InChI=1S/C18H26N2O2.ClH/c19-17-13-5-3-6-14(17)11-15(10-13)18(22)20-9-8-12-4-1-2-7-16(12)21;/h1-2,4,7,13-15,17,21H,3,5-6,8-11,19H2,(H,20,22);1H. The Morgan fingerprint density at radius 3 is 2.52 bits per heavy atom. The molecule has 3 rings (SSSR count). The molecular formula is C18H27ClN2O2. The molecule has 0 spiro atoms. The van der Waals surface area contributed by atoms with Gasteiger partial charge in [0.2, 0.25) is 5.91 Å². The van der Waals surface area contributed by atoms with E-state index in [4.69, 9.17) is 5.73 Å². The highest BCUT2D eigenvalue weighted by Gasteiger charge is 2.40. The Morgan fingerprint density at radius 1 is 1.22 bits per heavy atom. The van der Waals surface area contributed by atoms with Crippen LogP contribution in [0.3, 0.4) is 0 Å². The zero-order valence-corrected chi connectivity index (χ0v) is 14.2. The number of fused-ring (bicyclic) bond motifs is 2. The van der Waals surface area contributed by atoms with Gasteiger partial charge in [0.1, 0.15) is 5.75 Å². The first-order valence-corrected chi connectivity index (χ1v) is 8.45. The number of carbonyl (C=O) groups is 1. The van der Waals surface area contributed by atoms with Gasteiger partial charge in [0.15, 0.2) is 0 Å². The minimum atomic E-state index is 0. The topological polar surface area (TPSA) is 75.4 Å². The van der Waals surface area contributed by atoms with Crippen molar-refractivity contribution in [2.24, 2.45) is 23.5 Å². The van der Waals surface area contributed by atoms with Gasteiger partial charge in [-0.2, -0.15) is 0 Å². The maximum Gasteiger partial charge on any atom is 0.223 e. The Bertz CT molecular complexity index is 524. The van der Waals surface area contributed by atoms with Gasteiger partial charge >= 0.3 is 0 Å². The fourth-order valence-corrected chi connectivity index (χ4v) is 4.19. The van der Waals surface area contributed by atoms with Crippen molar-refractivity contribution in [3.05, 3.63) is 29.8 Å². The molecule has 2 atom stereocenters. The number of phenolic OH excluding ortho intramolecular Hbond substituents is 1. The molecule has 0 aliphatic heterocycles. The molecular weight excluding hydrogens is 312 g/mol. The summed E-state index contributed by atoms with van der Waals surface area (Å²) < 4.78 is 0. The number of para-hydroxylation sites is 1. The molecule has 1 aromatic carbocycles.